The van der Waals surface area contributed by atoms with Gasteiger partial charge in [0.05, 0.1) is 17.3 Å². The van der Waals surface area contributed by atoms with Gasteiger partial charge in [-0.15, -0.1) is 10.2 Å². The highest BCUT2D eigenvalue weighted by atomic mass is 16.3. The molecule has 3 saturated carbocycles. The van der Waals surface area contributed by atoms with Crippen LogP contribution in [0.25, 0.3) is 17.1 Å². The van der Waals surface area contributed by atoms with Gasteiger partial charge < -0.3 is 30.6 Å². The summed E-state index contributed by atoms with van der Waals surface area (Å²) in [6.07, 6.45) is 2.00. The molecule has 0 aliphatic heterocycles. The first-order valence-electron chi connectivity index (χ1n) is 14.5. The van der Waals surface area contributed by atoms with Gasteiger partial charge in [-0.1, -0.05) is 13.8 Å². The van der Waals surface area contributed by atoms with Gasteiger partial charge in [0.25, 0.3) is 11.8 Å². The summed E-state index contributed by atoms with van der Waals surface area (Å²) in [5.41, 5.74) is 0.629. The molecule has 6 rings (SSSR count). The van der Waals surface area contributed by atoms with Crippen molar-refractivity contribution in [1.82, 2.24) is 25.0 Å². The number of fused-ring (bicyclic) bond motifs is 2. The van der Waals surface area contributed by atoms with Crippen molar-refractivity contribution in [1.29, 1.82) is 0 Å². The third-order valence-electron chi connectivity index (χ3n) is 8.85. The second kappa shape index (κ2) is 11.4. The molecule has 1 heterocycles. The molecule has 1 aromatic heterocycles. The molecule has 5 N–H and O–H groups in total. The van der Waals surface area contributed by atoms with Crippen LogP contribution in [0.3, 0.4) is 0 Å². The van der Waals surface area contributed by atoms with Crippen molar-refractivity contribution in [3.8, 4) is 28.6 Å². The normalized spacial score (nSPS) is 23.0. The van der Waals surface area contributed by atoms with Gasteiger partial charge in [0, 0.05) is 37.5 Å². The lowest BCUT2D eigenvalue weighted by Crippen LogP contribution is -2.60. The SMILES string of the molecule is CCNC(=O)c1nnc(-c2cc(C(C)C)c(O)cc2O)n1-c1ccc(C(=O)N(C)CC[C@@]2(O)C3CC(C3)C[C@@H]2O)cc1. The molecule has 2 aromatic carbocycles. The highest BCUT2D eigenvalue weighted by Crippen LogP contribution is 2.52. The molecule has 3 fully saturated rings. The van der Waals surface area contributed by atoms with Crippen molar-refractivity contribution < 1.29 is 30.0 Å². The van der Waals surface area contributed by atoms with Crippen molar-refractivity contribution >= 4 is 11.8 Å². The Bertz CT molecular complexity index is 1480. The number of carbonyl (C=O) groups is 2. The number of phenols is 2. The summed E-state index contributed by atoms with van der Waals surface area (Å²) in [4.78, 5) is 27.7. The number of hydrogen-bond donors (Lipinski definition) is 5. The quantitative estimate of drug-likeness (QED) is 0.259. The zero-order chi connectivity index (χ0) is 30.3. The average Bonchev–Trinajstić information content (AvgIpc) is 3.37. The maximum atomic E-state index is 13.2. The Balaban J connectivity index is 1.42. The van der Waals surface area contributed by atoms with E-state index in [0.717, 1.165) is 12.8 Å². The summed E-state index contributed by atoms with van der Waals surface area (Å²) in [5, 5.41) is 53.7. The summed E-state index contributed by atoms with van der Waals surface area (Å²) in [6.45, 7) is 6.27. The van der Waals surface area contributed by atoms with Crippen molar-refractivity contribution in [3.05, 3.63) is 53.3 Å². The maximum Gasteiger partial charge on any atom is 0.289 e. The van der Waals surface area contributed by atoms with Crippen LogP contribution in [0, 0.1) is 11.8 Å². The number of aliphatic hydroxyl groups excluding tert-OH is 1. The predicted octanol–water partition coefficient (Wildman–Crippen LogP) is 3.20. The topological polar surface area (TPSA) is 161 Å². The molecule has 0 saturated heterocycles. The second-order valence-electron chi connectivity index (χ2n) is 11.9. The average molecular weight is 578 g/mol. The molecule has 2 bridgehead atoms. The molecule has 2 atom stereocenters. The molecule has 3 aromatic rings. The van der Waals surface area contributed by atoms with E-state index in [9.17, 15) is 30.0 Å². The molecule has 11 nitrogen and oxygen atoms in total. The van der Waals surface area contributed by atoms with Gasteiger partial charge in [-0.2, -0.15) is 0 Å². The Morgan fingerprint density at radius 2 is 1.79 bits per heavy atom. The van der Waals surface area contributed by atoms with Gasteiger partial charge in [0.2, 0.25) is 5.82 Å². The standard InChI is InChI=1S/C31H39N5O6/c1-5-32-29(40)28-34-33-27(23-15-22(17(2)3)24(37)16-25(23)38)36(28)21-8-6-19(7-9-21)30(41)35(4)11-10-31(42)20-12-18(13-20)14-26(31)39/h6-9,15-18,20,26,37-39,42H,5,10-14H2,1-4H3,(H,32,40)/t18?,20?,26-,31+/m0/s1. The molecule has 11 heteroatoms. The molecule has 0 unspecified atom stereocenters. The molecular weight excluding hydrogens is 538 g/mol. The number of aromatic nitrogens is 3. The first-order valence-corrected chi connectivity index (χ1v) is 14.5. The minimum absolute atomic E-state index is 0.000802. The van der Waals surface area contributed by atoms with E-state index in [-0.39, 0.29) is 40.9 Å². The van der Waals surface area contributed by atoms with Crippen molar-refractivity contribution in [2.24, 2.45) is 11.8 Å². The zero-order valence-corrected chi connectivity index (χ0v) is 24.4. The molecular formula is C31H39N5O6. The molecule has 0 spiro atoms. The third kappa shape index (κ3) is 5.22. The van der Waals surface area contributed by atoms with E-state index in [1.807, 2.05) is 13.8 Å². The summed E-state index contributed by atoms with van der Waals surface area (Å²) >= 11 is 0. The number of phenolic OH excluding ortho intramolecular Hbond substituents is 2. The molecule has 0 radical (unpaired) electrons. The van der Waals surface area contributed by atoms with Gasteiger partial charge in [-0.05, 0) is 86.3 Å². The summed E-state index contributed by atoms with van der Waals surface area (Å²) in [6, 6.07) is 9.49. The van der Waals surface area contributed by atoms with Gasteiger partial charge >= 0.3 is 0 Å². The van der Waals surface area contributed by atoms with Crippen LogP contribution in [0.4, 0.5) is 0 Å². The lowest BCUT2D eigenvalue weighted by Gasteiger charge is -2.55. The summed E-state index contributed by atoms with van der Waals surface area (Å²) < 4.78 is 1.50. The number of amides is 2. The number of rotatable bonds is 9. The van der Waals surface area contributed by atoms with Crippen LogP contribution >= 0.6 is 0 Å². The van der Waals surface area contributed by atoms with Crippen LogP contribution in [0.15, 0.2) is 36.4 Å². The van der Waals surface area contributed by atoms with E-state index in [4.69, 9.17) is 0 Å². The Hall–Kier alpha value is -3.96. The first kappa shape index (κ1) is 29.5. The molecule has 42 heavy (non-hydrogen) atoms. The summed E-state index contributed by atoms with van der Waals surface area (Å²) in [7, 11) is 1.67. The summed E-state index contributed by atoms with van der Waals surface area (Å²) in [5.74, 6) is -0.235. The Kier molecular flexibility index (Phi) is 8.00. The number of aromatic hydroxyl groups is 2. The Labute approximate surface area is 244 Å². The number of nitrogens with one attached hydrogen (secondary N) is 1. The van der Waals surface area contributed by atoms with Crippen LogP contribution in [0.2, 0.25) is 0 Å². The van der Waals surface area contributed by atoms with Crippen molar-refractivity contribution in [3.63, 3.8) is 0 Å². The number of hydrogen-bond acceptors (Lipinski definition) is 8. The first-order chi connectivity index (χ1) is 19.9. The highest BCUT2D eigenvalue weighted by molar-refractivity contribution is 5.95. The van der Waals surface area contributed by atoms with E-state index in [2.05, 4.69) is 15.5 Å². The van der Waals surface area contributed by atoms with Crippen LogP contribution in [0.5, 0.6) is 11.5 Å². The van der Waals surface area contributed by atoms with Crippen LogP contribution in [-0.2, 0) is 0 Å². The van der Waals surface area contributed by atoms with Gasteiger partial charge in [-0.3, -0.25) is 14.2 Å². The molecule has 224 valence electrons. The third-order valence-corrected chi connectivity index (χ3v) is 8.85. The van der Waals surface area contributed by atoms with Crippen molar-refractivity contribution in [2.45, 2.75) is 64.1 Å². The molecule has 2 amide bonds. The van der Waals surface area contributed by atoms with Gasteiger partial charge in [-0.25, -0.2) is 0 Å². The zero-order valence-electron chi connectivity index (χ0n) is 24.4. The fourth-order valence-electron chi connectivity index (χ4n) is 6.25. The minimum atomic E-state index is -1.16. The van der Waals surface area contributed by atoms with Crippen LogP contribution < -0.4 is 5.32 Å². The van der Waals surface area contributed by atoms with Crippen LogP contribution in [0.1, 0.15) is 78.9 Å². The van der Waals surface area contributed by atoms with Gasteiger partial charge in [0.15, 0.2) is 5.82 Å². The highest BCUT2D eigenvalue weighted by Gasteiger charge is 2.54. The maximum absolute atomic E-state index is 13.2. The number of benzene rings is 2. The smallest absolute Gasteiger partial charge is 0.289 e. The fourth-order valence-corrected chi connectivity index (χ4v) is 6.25. The van der Waals surface area contributed by atoms with E-state index in [1.165, 1.54) is 15.5 Å². The fraction of sp³-hybridized carbons (Fsp3) is 0.484. The Morgan fingerprint density at radius 1 is 1.10 bits per heavy atom. The van der Waals surface area contributed by atoms with Crippen molar-refractivity contribution in [2.75, 3.05) is 20.1 Å². The monoisotopic (exact) mass is 577 g/mol. The number of carbonyl (C=O) groups excluding carboxylic acids is 2. The Morgan fingerprint density at radius 3 is 2.40 bits per heavy atom. The van der Waals surface area contributed by atoms with Gasteiger partial charge in [0.1, 0.15) is 11.5 Å². The lowest BCUT2D eigenvalue weighted by molar-refractivity contribution is -0.196. The van der Waals surface area contributed by atoms with Crippen LogP contribution in [-0.4, -0.2) is 83.7 Å². The van der Waals surface area contributed by atoms with E-state index in [0.29, 0.717) is 54.2 Å². The van der Waals surface area contributed by atoms with E-state index >= 15 is 0 Å². The predicted molar refractivity (Wildman–Crippen MR) is 156 cm³/mol. The second-order valence-corrected chi connectivity index (χ2v) is 11.9. The number of aliphatic hydroxyl groups is 2. The molecule has 3 aliphatic rings. The largest absolute Gasteiger partial charge is 0.508 e. The van der Waals surface area contributed by atoms with E-state index in [1.54, 1.807) is 44.3 Å². The lowest BCUT2D eigenvalue weighted by atomic mass is 9.55. The van der Waals surface area contributed by atoms with E-state index < -0.39 is 17.6 Å². The molecule has 3 aliphatic carbocycles. The minimum Gasteiger partial charge on any atom is -0.508 e. The number of nitrogens with zero attached hydrogens (tertiary/aromatic N) is 4.